The molecule has 0 fully saturated rings. The van der Waals surface area contributed by atoms with Crippen LogP contribution in [0.15, 0.2) is 42.5 Å². The predicted molar refractivity (Wildman–Crippen MR) is 94.8 cm³/mol. The highest BCUT2D eigenvalue weighted by atomic mass is 32.1. The number of benzene rings is 2. The van der Waals surface area contributed by atoms with E-state index in [2.05, 4.69) is 11.4 Å². The van der Waals surface area contributed by atoms with Gasteiger partial charge < -0.3 is 10.1 Å². The molecule has 6 heteroatoms. The summed E-state index contributed by atoms with van der Waals surface area (Å²) in [5, 5.41) is 12.1. The number of hydrogen-bond donors (Lipinski definition) is 1. The van der Waals surface area contributed by atoms with E-state index in [0.717, 1.165) is 10.3 Å². The molecule has 0 unspecified atom stereocenters. The number of carbonyl (C=O) groups is 1. The van der Waals surface area contributed by atoms with Gasteiger partial charge in [0.25, 0.3) is 5.91 Å². The van der Waals surface area contributed by atoms with Crippen LogP contribution in [0, 0.1) is 17.1 Å². The van der Waals surface area contributed by atoms with Crippen molar-refractivity contribution in [2.45, 2.75) is 13.2 Å². The number of hydrogen-bond acceptors (Lipinski definition) is 4. The van der Waals surface area contributed by atoms with Gasteiger partial charge in [-0.3, -0.25) is 4.79 Å². The quantitative estimate of drug-likeness (QED) is 0.754. The lowest BCUT2D eigenvalue weighted by Gasteiger charge is -2.07. The van der Waals surface area contributed by atoms with Crippen LogP contribution in [0.5, 0.6) is 0 Å². The lowest BCUT2D eigenvalue weighted by atomic mass is 10.1. The summed E-state index contributed by atoms with van der Waals surface area (Å²) in [6.45, 7) is 0.494. The third-order valence-corrected chi connectivity index (χ3v) is 4.99. The predicted octanol–water partition coefficient (Wildman–Crippen LogP) is 3.99. The molecule has 3 aromatic rings. The molecule has 25 heavy (non-hydrogen) atoms. The maximum absolute atomic E-state index is 14.2. The molecule has 1 heterocycles. The average molecular weight is 354 g/mol. The number of methoxy groups -OCH3 is 1. The summed E-state index contributed by atoms with van der Waals surface area (Å²) >= 11 is 1.25. The fraction of sp³-hybridized carbons (Fsp3) is 0.158. The van der Waals surface area contributed by atoms with Crippen LogP contribution in [0.25, 0.3) is 10.1 Å². The molecule has 0 aliphatic heterocycles. The Hall–Kier alpha value is -2.75. The minimum absolute atomic E-state index is 0.167. The van der Waals surface area contributed by atoms with Gasteiger partial charge >= 0.3 is 0 Å². The van der Waals surface area contributed by atoms with Crippen molar-refractivity contribution in [3.05, 3.63) is 69.8 Å². The third-order valence-electron chi connectivity index (χ3n) is 3.79. The molecule has 0 radical (unpaired) electrons. The van der Waals surface area contributed by atoms with Crippen LogP contribution in [-0.4, -0.2) is 13.0 Å². The molecule has 4 nitrogen and oxygen atoms in total. The Morgan fingerprint density at radius 3 is 2.72 bits per heavy atom. The molecule has 0 aliphatic rings. The number of amides is 1. The van der Waals surface area contributed by atoms with Gasteiger partial charge in [0, 0.05) is 29.3 Å². The number of ether oxygens (including phenoxy) is 1. The Bertz CT molecular complexity index is 958. The molecule has 0 aliphatic carbocycles. The highest BCUT2D eigenvalue weighted by Crippen LogP contribution is 2.33. The molecule has 1 aromatic heterocycles. The largest absolute Gasteiger partial charge is 0.380 e. The van der Waals surface area contributed by atoms with Gasteiger partial charge in [0.2, 0.25) is 0 Å². The summed E-state index contributed by atoms with van der Waals surface area (Å²) in [5.41, 5.74) is 2.02. The van der Waals surface area contributed by atoms with E-state index in [4.69, 9.17) is 10.00 Å². The van der Waals surface area contributed by atoms with Crippen LogP contribution >= 0.6 is 11.3 Å². The van der Waals surface area contributed by atoms with E-state index in [1.54, 1.807) is 36.4 Å². The first-order valence-electron chi connectivity index (χ1n) is 7.60. The van der Waals surface area contributed by atoms with Crippen molar-refractivity contribution in [1.29, 1.82) is 5.26 Å². The number of fused-ring (bicyclic) bond motifs is 1. The lowest BCUT2D eigenvalue weighted by Crippen LogP contribution is -2.23. The van der Waals surface area contributed by atoms with Crippen LogP contribution in [0.4, 0.5) is 4.39 Å². The van der Waals surface area contributed by atoms with Crippen molar-refractivity contribution in [2.75, 3.05) is 7.11 Å². The van der Waals surface area contributed by atoms with Crippen molar-refractivity contribution >= 4 is 27.3 Å². The van der Waals surface area contributed by atoms with E-state index in [-0.39, 0.29) is 18.3 Å². The summed E-state index contributed by atoms with van der Waals surface area (Å²) in [6, 6.07) is 13.8. The fourth-order valence-electron chi connectivity index (χ4n) is 2.59. The van der Waals surface area contributed by atoms with Gasteiger partial charge in [-0.25, -0.2) is 4.39 Å². The Morgan fingerprint density at radius 2 is 2.04 bits per heavy atom. The van der Waals surface area contributed by atoms with Gasteiger partial charge in [0.05, 0.1) is 23.1 Å². The topological polar surface area (TPSA) is 62.1 Å². The van der Waals surface area contributed by atoms with Gasteiger partial charge in [-0.05, 0) is 29.8 Å². The number of nitrogens with one attached hydrogen (secondary N) is 1. The molecule has 3 rings (SSSR count). The minimum Gasteiger partial charge on any atom is -0.380 e. The number of nitrogens with zero attached hydrogens (tertiary/aromatic N) is 1. The van der Waals surface area contributed by atoms with Crippen LogP contribution in [0.1, 0.15) is 26.4 Å². The summed E-state index contributed by atoms with van der Waals surface area (Å²) in [6.07, 6.45) is 0. The zero-order valence-electron chi connectivity index (χ0n) is 13.5. The monoisotopic (exact) mass is 354 g/mol. The molecule has 0 saturated carbocycles. The second kappa shape index (κ2) is 7.43. The smallest absolute Gasteiger partial charge is 0.262 e. The summed E-state index contributed by atoms with van der Waals surface area (Å²) < 4.78 is 20.0. The number of halogens is 1. The number of carbonyl (C=O) groups excluding carboxylic acids is 1. The summed E-state index contributed by atoms with van der Waals surface area (Å²) in [4.78, 5) is 13.0. The molecule has 0 atom stereocenters. The number of thiophene rings is 1. The van der Waals surface area contributed by atoms with E-state index in [9.17, 15) is 9.18 Å². The van der Waals surface area contributed by atoms with Crippen LogP contribution in [-0.2, 0) is 17.9 Å². The number of rotatable bonds is 5. The second-order valence-electron chi connectivity index (χ2n) is 5.45. The van der Waals surface area contributed by atoms with Crippen molar-refractivity contribution in [1.82, 2.24) is 5.32 Å². The third kappa shape index (κ3) is 3.53. The molecule has 2 aromatic carbocycles. The zero-order chi connectivity index (χ0) is 17.8. The van der Waals surface area contributed by atoms with E-state index in [0.29, 0.717) is 27.9 Å². The van der Waals surface area contributed by atoms with E-state index in [1.807, 2.05) is 0 Å². The molecule has 0 bridgehead atoms. The van der Waals surface area contributed by atoms with E-state index in [1.165, 1.54) is 24.5 Å². The Morgan fingerprint density at radius 1 is 1.28 bits per heavy atom. The van der Waals surface area contributed by atoms with E-state index >= 15 is 0 Å². The average Bonchev–Trinajstić information content (AvgIpc) is 3.00. The Labute approximate surface area is 148 Å². The fourth-order valence-corrected chi connectivity index (χ4v) is 3.73. The number of nitriles is 1. The first-order valence-corrected chi connectivity index (χ1v) is 8.41. The molecule has 1 N–H and O–H groups in total. The Kier molecular flexibility index (Phi) is 5.08. The zero-order valence-corrected chi connectivity index (χ0v) is 14.3. The van der Waals surface area contributed by atoms with Crippen LogP contribution in [0.2, 0.25) is 0 Å². The molecule has 126 valence electrons. The SMILES string of the molecule is COCc1c(C(=O)NCc2ccc(C#N)cc2)sc2cccc(F)c12. The first-order chi connectivity index (χ1) is 12.1. The molecule has 0 saturated heterocycles. The normalized spacial score (nSPS) is 10.6. The molecule has 1 amide bonds. The van der Waals surface area contributed by atoms with Crippen molar-refractivity contribution in [2.24, 2.45) is 0 Å². The van der Waals surface area contributed by atoms with Crippen molar-refractivity contribution < 1.29 is 13.9 Å². The maximum Gasteiger partial charge on any atom is 0.262 e. The molecular weight excluding hydrogens is 339 g/mol. The molecule has 0 spiro atoms. The van der Waals surface area contributed by atoms with Gasteiger partial charge in [-0.15, -0.1) is 11.3 Å². The van der Waals surface area contributed by atoms with Crippen LogP contribution in [0.3, 0.4) is 0 Å². The van der Waals surface area contributed by atoms with Crippen molar-refractivity contribution in [3.63, 3.8) is 0 Å². The highest BCUT2D eigenvalue weighted by molar-refractivity contribution is 7.21. The standard InChI is InChI=1S/C19H15FN2O2S/c1-24-11-14-17-15(20)3-2-4-16(17)25-18(14)19(23)22-10-13-7-5-12(9-21)6-8-13/h2-8H,10-11H2,1H3,(H,22,23). The molecular formula is C19H15FN2O2S. The van der Waals surface area contributed by atoms with Gasteiger partial charge in [0.15, 0.2) is 0 Å². The van der Waals surface area contributed by atoms with Gasteiger partial charge in [-0.1, -0.05) is 18.2 Å². The maximum atomic E-state index is 14.2. The Balaban J connectivity index is 1.85. The summed E-state index contributed by atoms with van der Waals surface area (Å²) in [5.74, 6) is -0.621. The van der Waals surface area contributed by atoms with Gasteiger partial charge in [0.1, 0.15) is 5.82 Å². The van der Waals surface area contributed by atoms with Crippen LogP contribution < -0.4 is 5.32 Å². The second-order valence-corrected chi connectivity index (χ2v) is 6.50. The van der Waals surface area contributed by atoms with E-state index < -0.39 is 0 Å². The van der Waals surface area contributed by atoms with Crippen molar-refractivity contribution in [3.8, 4) is 6.07 Å². The summed E-state index contributed by atoms with van der Waals surface area (Å²) in [7, 11) is 1.52. The lowest BCUT2D eigenvalue weighted by molar-refractivity contribution is 0.0950. The van der Waals surface area contributed by atoms with Gasteiger partial charge in [-0.2, -0.15) is 5.26 Å². The first kappa shape index (κ1) is 17.1. The highest BCUT2D eigenvalue weighted by Gasteiger charge is 2.20. The minimum atomic E-state index is -0.355.